The van der Waals surface area contributed by atoms with Gasteiger partial charge in [-0.15, -0.1) is 0 Å². The number of hydrogen-bond donors (Lipinski definition) is 0. The van der Waals surface area contributed by atoms with Crippen LogP contribution in [0.2, 0.25) is 13.1 Å². The molecule has 0 bridgehead atoms. The molecule has 0 aromatic heterocycles. The Kier molecular flexibility index (Phi) is 5.27. The molecular weight excluding hydrogens is 436 g/mol. The molecule has 2 unspecified atom stereocenters. The summed E-state index contributed by atoms with van der Waals surface area (Å²) >= 11 is 0. The van der Waals surface area contributed by atoms with E-state index >= 15 is 0 Å². The van der Waals surface area contributed by atoms with Gasteiger partial charge in [-0.2, -0.15) is 0 Å². The van der Waals surface area contributed by atoms with Crippen LogP contribution in [0, 0.1) is 0 Å². The molecule has 0 N–H and O–H groups in total. The van der Waals surface area contributed by atoms with Crippen molar-refractivity contribution in [3.63, 3.8) is 0 Å². The molecule has 1 heteroatoms. The smallest absolute Gasteiger partial charge is 0.0694 e. The Morgan fingerprint density at radius 2 is 1.17 bits per heavy atom. The molecule has 172 valence electrons. The topological polar surface area (TPSA) is 0 Å². The fourth-order valence-corrected chi connectivity index (χ4v) is 11.7. The van der Waals surface area contributed by atoms with Crippen molar-refractivity contribution in [3.8, 4) is 11.1 Å². The summed E-state index contributed by atoms with van der Waals surface area (Å²) in [5, 5.41) is 1.71. The maximum absolute atomic E-state index is 2.61. The van der Waals surface area contributed by atoms with Crippen molar-refractivity contribution in [3.05, 3.63) is 136 Å². The van der Waals surface area contributed by atoms with Crippen molar-refractivity contribution in [2.24, 2.45) is 0 Å². The first-order chi connectivity index (χ1) is 17.0. The Labute approximate surface area is 210 Å². The van der Waals surface area contributed by atoms with Gasteiger partial charge in [0.1, 0.15) is 0 Å². The first-order valence-corrected chi connectivity index (χ1v) is 15.8. The SMILES string of the molecule is CC1=C([Si](C)(C)C2C(c3ccccc3)=Cc3c(-c4ccccc4)cccc32)C(C)c2ccccc21. The van der Waals surface area contributed by atoms with Crippen LogP contribution in [0.5, 0.6) is 0 Å². The Hall–Kier alpha value is -3.42. The molecule has 6 rings (SSSR count). The largest absolute Gasteiger partial charge is 0.0888 e. The number of rotatable bonds is 4. The number of hydrogen-bond acceptors (Lipinski definition) is 0. The van der Waals surface area contributed by atoms with Crippen LogP contribution in [0.3, 0.4) is 0 Å². The van der Waals surface area contributed by atoms with Crippen LogP contribution < -0.4 is 0 Å². The molecule has 2 aliphatic carbocycles. The minimum absolute atomic E-state index is 0.422. The van der Waals surface area contributed by atoms with E-state index in [9.17, 15) is 0 Å². The fraction of sp³-hybridized carbons (Fsp3) is 0.176. The van der Waals surface area contributed by atoms with Crippen LogP contribution in [0.4, 0.5) is 0 Å². The maximum Gasteiger partial charge on any atom is 0.0888 e. The second-order valence-corrected chi connectivity index (χ2v) is 15.2. The second kappa shape index (κ2) is 8.36. The molecule has 0 aliphatic heterocycles. The van der Waals surface area contributed by atoms with Crippen molar-refractivity contribution >= 4 is 25.3 Å². The van der Waals surface area contributed by atoms with Crippen LogP contribution in [-0.2, 0) is 0 Å². The summed E-state index contributed by atoms with van der Waals surface area (Å²) in [5.74, 6) is 0.478. The number of fused-ring (bicyclic) bond motifs is 2. The van der Waals surface area contributed by atoms with E-state index in [4.69, 9.17) is 0 Å². The van der Waals surface area contributed by atoms with E-state index in [-0.39, 0.29) is 0 Å². The van der Waals surface area contributed by atoms with Gasteiger partial charge in [-0.1, -0.05) is 128 Å². The van der Waals surface area contributed by atoms with Crippen molar-refractivity contribution in [2.45, 2.75) is 38.4 Å². The van der Waals surface area contributed by atoms with Gasteiger partial charge in [-0.25, -0.2) is 0 Å². The number of allylic oxidation sites excluding steroid dienone is 3. The molecule has 0 spiro atoms. The summed E-state index contributed by atoms with van der Waals surface area (Å²) in [4.78, 5) is 0. The molecule has 35 heavy (non-hydrogen) atoms. The third kappa shape index (κ3) is 3.41. The first kappa shape index (κ1) is 22.1. The quantitative estimate of drug-likeness (QED) is 0.262. The molecule has 0 heterocycles. The predicted octanol–water partition coefficient (Wildman–Crippen LogP) is 9.37. The molecular formula is C34H32Si. The summed E-state index contributed by atoms with van der Waals surface area (Å²) in [6.07, 6.45) is 2.51. The normalized spacial score (nSPS) is 18.9. The fourth-order valence-electron chi connectivity index (χ4n) is 6.97. The molecule has 0 fully saturated rings. The third-order valence-electron chi connectivity index (χ3n) is 8.34. The highest BCUT2D eigenvalue weighted by Crippen LogP contribution is 2.55. The van der Waals surface area contributed by atoms with E-state index in [0.717, 1.165) is 0 Å². The highest BCUT2D eigenvalue weighted by atomic mass is 28.3. The molecule has 4 aromatic carbocycles. The highest BCUT2D eigenvalue weighted by Gasteiger charge is 2.46. The lowest BCUT2D eigenvalue weighted by atomic mass is 9.97. The molecule has 0 radical (unpaired) electrons. The van der Waals surface area contributed by atoms with E-state index in [1.807, 2.05) is 0 Å². The van der Waals surface area contributed by atoms with Gasteiger partial charge in [-0.3, -0.25) is 0 Å². The van der Waals surface area contributed by atoms with Gasteiger partial charge in [0.15, 0.2) is 0 Å². The molecule has 0 amide bonds. The van der Waals surface area contributed by atoms with Crippen molar-refractivity contribution in [2.75, 3.05) is 0 Å². The average Bonchev–Trinajstić information content (AvgIpc) is 3.41. The van der Waals surface area contributed by atoms with Crippen LogP contribution in [-0.4, -0.2) is 8.07 Å². The minimum Gasteiger partial charge on any atom is -0.0694 e. The van der Waals surface area contributed by atoms with E-state index in [0.29, 0.717) is 11.5 Å². The van der Waals surface area contributed by atoms with Gasteiger partial charge < -0.3 is 0 Å². The summed E-state index contributed by atoms with van der Waals surface area (Å²) < 4.78 is 0. The Morgan fingerprint density at radius 3 is 1.86 bits per heavy atom. The lowest BCUT2D eigenvalue weighted by Gasteiger charge is -2.37. The van der Waals surface area contributed by atoms with E-state index in [1.54, 1.807) is 5.20 Å². The van der Waals surface area contributed by atoms with Gasteiger partial charge in [0.2, 0.25) is 0 Å². The van der Waals surface area contributed by atoms with Crippen LogP contribution >= 0.6 is 0 Å². The van der Waals surface area contributed by atoms with Gasteiger partial charge in [0.05, 0.1) is 8.07 Å². The summed E-state index contributed by atoms with van der Waals surface area (Å²) in [5.41, 5.74) is 13.3. The van der Waals surface area contributed by atoms with Crippen molar-refractivity contribution in [1.82, 2.24) is 0 Å². The third-order valence-corrected chi connectivity index (χ3v) is 12.6. The zero-order valence-electron chi connectivity index (χ0n) is 21.0. The molecule has 2 atom stereocenters. The number of benzene rings is 4. The van der Waals surface area contributed by atoms with Gasteiger partial charge >= 0.3 is 0 Å². The van der Waals surface area contributed by atoms with E-state index < -0.39 is 8.07 Å². The molecule has 0 saturated carbocycles. The summed E-state index contributed by atoms with van der Waals surface area (Å²) in [6.45, 7) is 10.0. The maximum atomic E-state index is 2.61. The van der Waals surface area contributed by atoms with Gasteiger partial charge in [0.25, 0.3) is 0 Å². The summed E-state index contributed by atoms with van der Waals surface area (Å²) in [7, 11) is -1.97. The van der Waals surface area contributed by atoms with E-state index in [1.165, 1.54) is 50.1 Å². The van der Waals surface area contributed by atoms with Crippen LogP contribution in [0.15, 0.2) is 108 Å². The summed E-state index contributed by atoms with van der Waals surface area (Å²) in [6, 6.07) is 38.0. The molecule has 2 aliphatic rings. The van der Waals surface area contributed by atoms with Crippen LogP contribution in [0.1, 0.15) is 53.1 Å². The zero-order chi connectivity index (χ0) is 24.2. The average molecular weight is 469 g/mol. The Balaban J connectivity index is 1.57. The van der Waals surface area contributed by atoms with E-state index in [2.05, 4.69) is 136 Å². The lowest BCUT2D eigenvalue weighted by Crippen LogP contribution is -2.39. The van der Waals surface area contributed by atoms with Gasteiger partial charge in [0, 0.05) is 5.54 Å². The standard InChI is InChI=1S/C34H32Si/c1-23-27-18-11-12-19-28(27)24(2)33(23)35(3,4)34-30-21-13-20-29(25-14-7-5-8-15-25)32(30)22-31(34)26-16-9-6-10-17-26/h5-23,34H,1-4H3. The van der Waals surface area contributed by atoms with Gasteiger partial charge in [-0.05, 0) is 69.0 Å². The first-order valence-electron chi connectivity index (χ1n) is 12.7. The molecule has 0 nitrogen and oxygen atoms in total. The molecule has 0 saturated heterocycles. The van der Waals surface area contributed by atoms with Crippen molar-refractivity contribution in [1.29, 1.82) is 0 Å². The Morgan fingerprint density at radius 1 is 0.600 bits per heavy atom. The zero-order valence-corrected chi connectivity index (χ0v) is 22.0. The Bertz CT molecular complexity index is 1470. The predicted molar refractivity (Wildman–Crippen MR) is 154 cm³/mol. The lowest BCUT2D eigenvalue weighted by molar-refractivity contribution is 0.947. The second-order valence-electron chi connectivity index (χ2n) is 10.6. The van der Waals surface area contributed by atoms with Crippen molar-refractivity contribution < 1.29 is 0 Å². The molecule has 4 aromatic rings. The minimum atomic E-state index is -1.97. The monoisotopic (exact) mass is 468 g/mol. The highest BCUT2D eigenvalue weighted by molar-refractivity contribution is 6.88. The van der Waals surface area contributed by atoms with Crippen LogP contribution in [0.25, 0.3) is 28.3 Å².